The van der Waals surface area contributed by atoms with E-state index in [0.717, 1.165) is 16.9 Å². The first-order valence-corrected chi connectivity index (χ1v) is 10.6. The highest BCUT2D eigenvalue weighted by Gasteiger charge is 2.22. The second-order valence-electron chi connectivity index (χ2n) is 6.65. The predicted molar refractivity (Wildman–Crippen MR) is 111 cm³/mol. The van der Waals surface area contributed by atoms with Crippen LogP contribution in [0.3, 0.4) is 0 Å². The van der Waals surface area contributed by atoms with E-state index in [-0.39, 0.29) is 10.5 Å². The van der Waals surface area contributed by atoms with Crippen LogP contribution in [0.5, 0.6) is 0 Å². The molecule has 0 atom stereocenters. The molecule has 6 nitrogen and oxygen atoms in total. The number of rotatable bonds is 5. The summed E-state index contributed by atoms with van der Waals surface area (Å²) in [5.41, 5.74) is 2.58. The average molecular weight is 405 g/mol. The Balaban J connectivity index is 1.70. The lowest BCUT2D eigenvalue weighted by Crippen LogP contribution is -2.30. The molecule has 7 heteroatoms. The van der Waals surface area contributed by atoms with Gasteiger partial charge in [-0.05, 0) is 36.8 Å². The summed E-state index contributed by atoms with van der Waals surface area (Å²) < 4.78 is 29.2. The van der Waals surface area contributed by atoms with Crippen LogP contribution in [-0.2, 0) is 16.6 Å². The molecule has 1 N–H and O–H groups in total. The number of nitrogens with one attached hydrogen (secondary N) is 1. The molecule has 3 aromatic carbocycles. The third-order valence-electron chi connectivity index (χ3n) is 4.68. The standard InChI is InChI=1S/C22H19N3O3S/c1-16-23-21-19(22(26)24-29(27,28)18-11-6-3-7-12-18)13-8-14-20(21)25(16)15-17-9-4-2-5-10-17/h2-14H,15H2,1H3,(H,24,26). The normalized spacial score (nSPS) is 11.5. The van der Waals surface area contributed by atoms with Gasteiger partial charge in [-0.15, -0.1) is 0 Å². The Hall–Kier alpha value is -3.45. The molecule has 146 valence electrons. The summed E-state index contributed by atoms with van der Waals surface area (Å²) in [6.45, 7) is 2.47. The van der Waals surface area contributed by atoms with Crippen molar-refractivity contribution < 1.29 is 13.2 Å². The van der Waals surface area contributed by atoms with Crippen molar-refractivity contribution in [2.75, 3.05) is 0 Å². The van der Waals surface area contributed by atoms with Gasteiger partial charge in [-0.3, -0.25) is 4.79 Å². The number of hydrogen-bond donors (Lipinski definition) is 1. The first-order valence-electron chi connectivity index (χ1n) is 9.08. The lowest BCUT2D eigenvalue weighted by atomic mass is 10.1. The minimum absolute atomic E-state index is 0.0336. The van der Waals surface area contributed by atoms with Gasteiger partial charge in [0.2, 0.25) is 0 Å². The predicted octanol–water partition coefficient (Wildman–Crippen LogP) is 3.51. The Morgan fingerprint density at radius 2 is 1.59 bits per heavy atom. The molecule has 1 heterocycles. The second-order valence-corrected chi connectivity index (χ2v) is 8.33. The summed E-state index contributed by atoms with van der Waals surface area (Å²) in [7, 11) is -3.96. The van der Waals surface area contributed by atoms with Gasteiger partial charge in [0, 0.05) is 6.54 Å². The molecule has 29 heavy (non-hydrogen) atoms. The van der Waals surface area contributed by atoms with Gasteiger partial charge in [-0.1, -0.05) is 54.6 Å². The Kier molecular flexibility index (Phi) is 4.90. The van der Waals surface area contributed by atoms with Crippen molar-refractivity contribution in [3.8, 4) is 0 Å². The minimum Gasteiger partial charge on any atom is -0.324 e. The number of carbonyl (C=O) groups excluding carboxylic acids is 1. The summed E-state index contributed by atoms with van der Waals surface area (Å²) in [5.74, 6) is 0.0406. The molecule has 4 aromatic rings. The zero-order valence-corrected chi connectivity index (χ0v) is 16.6. The molecular weight excluding hydrogens is 386 g/mol. The Morgan fingerprint density at radius 3 is 2.28 bits per heavy atom. The van der Waals surface area contributed by atoms with Crippen molar-refractivity contribution in [3.05, 3.63) is 95.8 Å². The molecule has 1 aromatic heterocycles. The fourth-order valence-electron chi connectivity index (χ4n) is 3.25. The van der Waals surface area contributed by atoms with Crippen LogP contribution >= 0.6 is 0 Å². The number of hydrogen-bond acceptors (Lipinski definition) is 4. The van der Waals surface area contributed by atoms with Crippen LogP contribution in [0.4, 0.5) is 0 Å². The number of aryl methyl sites for hydroxylation is 1. The number of amides is 1. The van der Waals surface area contributed by atoms with Crippen molar-refractivity contribution in [1.82, 2.24) is 14.3 Å². The van der Waals surface area contributed by atoms with Crippen LogP contribution in [-0.4, -0.2) is 23.9 Å². The molecule has 0 bridgehead atoms. The van der Waals surface area contributed by atoms with E-state index in [4.69, 9.17) is 0 Å². The number of carbonyl (C=O) groups is 1. The highest BCUT2D eigenvalue weighted by molar-refractivity contribution is 7.90. The fourth-order valence-corrected chi connectivity index (χ4v) is 4.23. The van der Waals surface area contributed by atoms with E-state index < -0.39 is 15.9 Å². The van der Waals surface area contributed by atoms with Gasteiger partial charge in [0.05, 0.1) is 16.0 Å². The van der Waals surface area contributed by atoms with Crippen LogP contribution in [0.2, 0.25) is 0 Å². The van der Waals surface area contributed by atoms with Crippen LogP contribution in [0, 0.1) is 6.92 Å². The average Bonchev–Trinajstić information content (AvgIpc) is 3.04. The lowest BCUT2D eigenvalue weighted by Gasteiger charge is -2.09. The fraction of sp³-hybridized carbons (Fsp3) is 0.0909. The van der Waals surface area contributed by atoms with Crippen LogP contribution < -0.4 is 4.72 Å². The number of nitrogens with zero attached hydrogens (tertiary/aromatic N) is 2. The first kappa shape index (κ1) is 18.9. The molecule has 0 saturated heterocycles. The summed E-state index contributed by atoms with van der Waals surface area (Å²) >= 11 is 0. The Morgan fingerprint density at radius 1 is 0.931 bits per heavy atom. The molecule has 0 fully saturated rings. The molecule has 0 aliphatic rings. The van der Waals surface area contributed by atoms with E-state index in [1.807, 2.05) is 47.9 Å². The van der Waals surface area contributed by atoms with E-state index in [0.29, 0.717) is 12.1 Å². The number of aromatic nitrogens is 2. The number of fused-ring (bicyclic) bond motifs is 1. The number of benzene rings is 3. The van der Waals surface area contributed by atoms with Crippen molar-refractivity contribution in [2.45, 2.75) is 18.4 Å². The van der Waals surface area contributed by atoms with E-state index in [9.17, 15) is 13.2 Å². The molecule has 0 aliphatic carbocycles. The summed E-state index contributed by atoms with van der Waals surface area (Å²) in [6, 6.07) is 22.9. The second kappa shape index (κ2) is 7.52. The zero-order valence-electron chi connectivity index (χ0n) is 15.7. The molecule has 0 spiro atoms. The van der Waals surface area contributed by atoms with Gasteiger partial charge in [0.15, 0.2) is 0 Å². The molecular formula is C22H19N3O3S. The number of sulfonamides is 1. The highest BCUT2D eigenvalue weighted by Crippen LogP contribution is 2.22. The van der Waals surface area contributed by atoms with Crippen molar-refractivity contribution in [1.29, 1.82) is 0 Å². The van der Waals surface area contributed by atoms with E-state index >= 15 is 0 Å². The number of imidazole rings is 1. The van der Waals surface area contributed by atoms with Crippen molar-refractivity contribution in [3.63, 3.8) is 0 Å². The van der Waals surface area contributed by atoms with E-state index in [1.54, 1.807) is 30.3 Å². The molecule has 0 saturated carbocycles. The third kappa shape index (κ3) is 3.77. The summed E-state index contributed by atoms with van der Waals surface area (Å²) in [6.07, 6.45) is 0. The quantitative estimate of drug-likeness (QED) is 0.551. The topological polar surface area (TPSA) is 81.1 Å². The maximum absolute atomic E-state index is 12.8. The molecule has 0 aliphatic heterocycles. The van der Waals surface area contributed by atoms with Gasteiger partial charge >= 0.3 is 0 Å². The van der Waals surface area contributed by atoms with E-state index in [2.05, 4.69) is 9.71 Å². The molecule has 0 unspecified atom stereocenters. The van der Waals surface area contributed by atoms with Gasteiger partial charge in [0.25, 0.3) is 15.9 Å². The van der Waals surface area contributed by atoms with Crippen molar-refractivity contribution in [2.24, 2.45) is 0 Å². The Labute approximate surface area is 168 Å². The van der Waals surface area contributed by atoms with Crippen molar-refractivity contribution >= 4 is 27.0 Å². The van der Waals surface area contributed by atoms with Crippen LogP contribution in [0.15, 0.2) is 83.8 Å². The van der Waals surface area contributed by atoms with Crippen LogP contribution in [0.1, 0.15) is 21.7 Å². The maximum Gasteiger partial charge on any atom is 0.267 e. The largest absolute Gasteiger partial charge is 0.324 e. The summed E-state index contributed by atoms with van der Waals surface area (Å²) in [5, 5.41) is 0. The van der Waals surface area contributed by atoms with Gasteiger partial charge in [-0.2, -0.15) is 0 Å². The monoisotopic (exact) mass is 405 g/mol. The minimum atomic E-state index is -3.96. The summed E-state index contributed by atoms with van der Waals surface area (Å²) in [4.78, 5) is 17.4. The molecule has 0 radical (unpaired) electrons. The molecule has 4 rings (SSSR count). The zero-order chi connectivity index (χ0) is 20.4. The van der Waals surface area contributed by atoms with Gasteiger partial charge in [0.1, 0.15) is 11.3 Å². The van der Waals surface area contributed by atoms with E-state index in [1.165, 1.54) is 12.1 Å². The molecule has 1 amide bonds. The third-order valence-corrected chi connectivity index (χ3v) is 6.03. The van der Waals surface area contributed by atoms with Crippen LogP contribution in [0.25, 0.3) is 11.0 Å². The maximum atomic E-state index is 12.8. The SMILES string of the molecule is Cc1nc2c(C(=O)NS(=O)(=O)c3ccccc3)cccc2n1Cc1ccccc1. The lowest BCUT2D eigenvalue weighted by molar-refractivity contribution is 0.0983. The highest BCUT2D eigenvalue weighted by atomic mass is 32.2. The Bertz CT molecular complexity index is 1280. The number of para-hydroxylation sites is 1. The smallest absolute Gasteiger partial charge is 0.267 e. The van der Waals surface area contributed by atoms with Gasteiger partial charge in [-0.25, -0.2) is 18.1 Å². The van der Waals surface area contributed by atoms with Gasteiger partial charge < -0.3 is 4.57 Å². The first-order chi connectivity index (χ1) is 14.0.